The maximum Gasteiger partial charge on any atom is 0.472 e. The van der Waals surface area contributed by atoms with E-state index in [0.29, 0.717) is 12.8 Å². The molecule has 0 aliphatic heterocycles. The first kappa shape index (κ1) is 61.6. The molecular formula is C43H81O19P3. The molecule has 0 aromatic heterocycles. The van der Waals surface area contributed by atoms with Gasteiger partial charge in [0.25, 0.3) is 0 Å². The van der Waals surface area contributed by atoms with Crippen LogP contribution in [0.15, 0.2) is 24.3 Å². The van der Waals surface area contributed by atoms with Crippen molar-refractivity contribution in [3.8, 4) is 0 Å². The molecule has 8 atom stereocenters. The standard InChI is InChI=1S/C43H81O19P3/c1-3-5-7-9-11-13-15-17-18-20-22-24-26-28-30-32-37(45)59-35(33-57-36(44)31-29-27-25-23-21-19-16-14-12-10-8-6-4-2)34-58-65(55,56)62-41-38(46)39(47)42(60-63(49,50)51)43(40(41)48)61-64(52,53)54/h13-16,35,38-43,46-48H,3-12,17-34H2,1-2H3,(H,55,56)(H2,49,50,51)(H2,52,53,54)/b15-13-,16-14-/t35-,38?,39?,40?,41+,42?,43+/m1/s1. The molecule has 0 aromatic carbocycles. The number of carbonyl (C=O) groups excluding carboxylic acids is 2. The van der Waals surface area contributed by atoms with Gasteiger partial charge in [0, 0.05) is 12.8 Å². The monoisotopic (exact) mass is 994 g/mol. The second-order valence-electron chi connectivity index (χ2n) is 16.7. The highest BCUT2D eigenvalue weighted by molar-refractivity contribution is 7.47. The Balaban J connectivity index is 2.75. The minimum Gasteiger partial charge on any atom is -0.462 e. The summed E-state index contributed by atoms with van der Waals surface area (Å²) in [5, 5.41) is 31.8. The normalized spacial score (nSPS) is 22.1. The first-order valence-corrected chi connectivity index (χ1v) is 28.2. The molecule has 0 spiro atoms. The molecule has 65 heavy (non-hydrogen) atoms. The van der Waals surface area contributed by atoms with E-state index in [1.807, 2.05) is 0 Å². The number of ether oxygens (including phenoxy) is 2. The van der Waals surface area contributed by atoms with Gasteiger partial charge in [-0.3, -0.25) is 27.7 Å². The van der Waals surface area contributed by atoms with Crippen molar-refractivity contribution in [3.63, 3.8) is 0 Å². The van der Waals surface area contributed by atoms with Crippen molar-refractivity contribution >= 4 is 35.4 Å². The molecule has 1 rings (SSSR count). The SMILES string of the molecule is CCCCCC/C=C\CCCCCCCCCC(=O)O[C@H](COC(=O)CCCCCCC/C=C\CCCCCC)COP(=O)(O)O[C@H]1C(O)C(O)C(OP(=O)(O)O)[C@@H](OP(=O)(O)O)C1O. The number of allylic oxidation sites excluding steroid dienone is 4. The summed E-state index contributed by atoms with van der Waals surface area (Å²) >= 11 is 0. The number of rotatable bonds is 40. The molecule has 1 fully saturated rings. The van der Waals surface area contributed by atoms with Gasteiger partial charge in [0.1, 0.15) is 43.2 Å². The topological polar surface area (TPSA) is 303 Å². The largest absolute Gasteiger partial charge is 0.472 e. The Morgan fingerprint density at radius 2 is 0.846 bits per heavy atom. The maximum atomic E-state index is 13.1. The van der Waals surface area contributed by atoms with Gasteiger partial charge in [0.2, 0.25) is 0 Å². The van der Waals surface area contributed by atoms with E-state index in [4.69, 9.17) is 18.5 Å². The number of phosphoric ester groups is 3. The minimum absolute atomic E-state index is 0.00725. The van der Waals surface area contributed by atoms with Crippen molar-refractivity contribution in [1.82, 2.24) is 0 Å². The zero-order chi connectivity index (χ0) is 48.6. The van der Waals surface area contributed by atoms with Crippen LogP contribution in [-0.4, -0.2) is 108 Å². The number of unbranched alkanes of at least 4 members (excludes halogenated alkanes) is 20. The van der Waals surface area contributed by atoms with Crippen LogP contribution < -0.4 is 0 Å². The summed E-state index contributed by atoms with van der Waals surface area (Å²) < 4.78 is 65.4. The molecule has 19 nitrogen and oxygen atoms in total. The molecule has 0 saturated heterocycles. The lowest BCUT2D eigenvalue weighted by Crippen LogP contribution is -2.65. The summed E-state index contributed by atoms with van der Waals surface area (Å²) in [4.78, 5) is 73.1. The molecule has 8 N–H and O–H groups in total. The summed E-state index contributed by atoms with van der Waals surface area (Å²) in [6, 6.07) is 0. The van der Waals surface area contributed by atoms with E-state index in [1.165, 1.54) is 51.4 Å². The number of hydrogen-bond acceptors (Lipinski definition) is 14. The Hall–Kier alpha value is -1.37. The van der Waals surface area contributed by atoms with E-state index >= 15 is 0 Å². The van der Waals surface area contributed by atoms with Crippen LogP contribution >= 0.6 is 23.5 Å². The van der Waals surface area contributed by atoms with E-state index in [9.17, 15) is 63.1 Å². The molecule has 0 radical (unpaired) electrons. The molecule has 0 bridgehead atoms. The van der Waals surface area contributed by atoms with E-state index in [0.717, 1.165) is 89.9 Å². The highest BCUT2D eigenvalue weighted by atomic mass is 31.2. The lowest BCUT2D eigenvalue weighted by molar-refractivity contribution is -0.213. The molecule has 1 saturated carbocycles. The average molecular weight is 995 g/mol. The zero-order valence-electron chi connectivity index (χ0n) is 38.6. The van der Waals surface area contributed by atoms with Crippen LogP contribution in [0.2, 0.25) is 0 Å². The Labute approximate surface area is 386 Å². The van der Waals surface area contributed by atoms with Gasteiger partial charge in [-0.25, -0.2) is 13.7 Å². The Kier molecular flexibility index (Phi) is 33.9. The molecule has 5 unspecified atom stereocenters. The number of hydrogen-bond donors (Lipinski definition) is 8. The first-order valence-electron chi connectivity index (χ1n) is 23.6. The lowest BCUT2D eigenvalue weighted by atomic mass is 9.85. The highest BCUT2D eigenvalue weighted by Gasteiger charge is 2.56. The smallest absolute Gasteiger partial charge is 0.462 e. The van der Waals surface area contributed by atoms with Gasteiger partial charge in [-0.2, -0.15) is 0 Å². The molecule has 1 aliphatic carbocycles. The first-order chi connectivity index (χ1) is 30.8. The fourth-order valence-corrected chi connectivity index (χ4v) is 9.26. The van der Waals surface area contributed by atoms with Crippen LogP contribution in [0.4, 0.5) is 0 Å². The Morgan fingerprint density at radius 1 is 0.477 bits per heavy atom. The van der Waals surface area contributed by atoms with Gasteiger partial charge in [0.15, 0.2) is 6.10 Å². The van der Waals surface area contributed by atoms with Gasteiger partial charge in [-0.15, -0.1) is 0 Å². The van der Waals surface area contributed by atoms with Crippen molar-refractivity contribution < 1.29 is 90.6 Å². The fourth-order valence-electron chi connectivity index (χ4n) is 7.16. The molecule has 22 heteroatoms. The second kappa shape index (κ2) is 35.7. The predicted molar refractivity (Wildman–Crippen MR) is 243 cm³/mol. The van der Waals surface area contributed by atoms with Gasteiger partial charge in [-0.1, -0.05) is 128 Å². The number of carbonyl (C=O) groups is 2. The van der Waals surface area contributed by atoms with Gasteiger partial charge in [-0.05, 0) is 64.2 Å². The third-order valence-corrected chi connectivity index (χ3v) is 12.8. The molecule has 0 heterocycles. The van der Waals surface area contributed by atoms with E-state index in [2.05, 4.69) is 47.2 Å². The summed E-state index contributed by atoms with van der Waals surface area (Å²) in [6.45, 7) is 2.90. The van der Waals surface area contributed by atoms with Crippen LogP contribution in [-0.2, 0) is 50.9 Å². The lowest BCUT2D eigenvalue weighted by Gasteiger charge is -2.44. The van der Waals surface area contributed by atoms with Crippen molar-refractivity contribution in [2.75, 3.05) is 13.2 Å². The Morgan fingerprint density at radius 3 is 1.28 bits per heavy atom. The molecule has 0 aromatic rings. The van der Waals surface area contributed by atoms with Crippen LogP contribution in [0.1, 0.15) is 181 Å². The van der Waals surface area contributed by atoms with Crippen LogP contribution in [0.3, 0.4) is 0 Å². The van der Waals surface area contributed by atoms with Crippen LogP contribution in [0.25, 0.3) is 0 Å². The number of aliphatic hydroxyl groups is 3. The van der Waals surface area contributed by atoms with Crippen molar-refractivity contribution in [2.45, 2.75) is 224 Å². The number of esters is 2. The molecule has 382 valence electrons. The second-order valence-corrected chi connectivity index (χ2v) is 20.5. The molecular weight excluding hydrogens is 913 g/mol. The van der Waals surface area contributed by atoms with E-state index in [1.54, 1.807) is 0 Å². The van der Waals surface area contributed by atoms with Crippen molar-refractivity contribution in [1.29, 1.82) is 0 Å². The summed E-state index contributed by atoms with van der Waals surface area (Å²) in [6.07, 6.45) is 17.7. The number of phosphoric acid groups is 3. The van der Waals surface area contributed by atoms with Gasteiger partial charge in [0.05, 0.1) is 6.61 Å². The van der Waals surface area contributed by atoms with Crippen molar-refractivity contribution in [3.05, 3.63) is 24.3 Å². The third-order valence-electron chi connectivity index (χ3n) is 10.7. The maximum absolute atomic E-state index is 13.1. The van der Waals surface area contributed by atoms with Crippen molar-refractivity contribution in [2.24, 2.45) is 0 Å². The van der Waals surface area contributed by atoms with Gasteiger partial charge < -0.3 is 49.3 Å². The number of aliphatic hydroxyl groups excluding tert-OH is 3. The van der Waals surface area contributed by atoms with Gasteiger partial charge >= 0.3 is 35.4 Å². The average Bonchev–Trinajstić information content (AvgIpc) is 3.23. The predicted octanol–water partition coefficient (Wildman–Crippen LogP) is 8.29. The third kappa shape index (κ3) is 32.1. The fraction of sp³-hybridized carbons (Fsp3) is 0.860. The Bertz CT molecular complexity index is 1470. The quantitative estimate of drug-likeness (QED) is 0.0124. The zero-order valence-corrected chi connectivity index (χ0v) is 41.2. The summed E-state index contributed by atoms with van der Waals surface area (Å²) in [5.74, 6) is -1.31. The van der Waals surface area contributed by atoms with Crippen LogP contribution in [0, 0.1) is 0 Å². The highest BCUT2D eigenvalue weighted by Crippen LogP contribution is 2.51. The molecule has 0 amide bonds. The van der Waals surface area contributed by atoms with E-state index in [-0.39, 0.29) is 12.8 Å². The minimum atomic E-state index is -5.60. The summed E-state index contributed by atoms with van der Waals surface area (Å²) in [5.41, 5.74) is 0. The van der Waals surface area contributed by atoms with Crippen LogP contribution in [0.5, 0.6) is 0 Å². The van der Waals surface area contributed by atoms with E-state index < -0.39 is 91.3 Å². The summed E-state index contributed by atoms with van der Waals surface area (Å²) in [7, 11) is -16.6. The molecule has 1 aliphatic rings.